The first kappa shape index (κ1) is 21.5. The summed E-state index contributed by atoms with van der Waals surface area (Å²) >= 11 is 0. The fourth-order valence-electron chi connectivity index (χ4n) is 3.92. The summed E-state index contributed by atoms with van der Waals surface area (Å²) < 4.78 is 27.1. The minimum atomic E-state index is -4.11. The normalized spacial score (nSPS) is 16.8. The van der Waals surface area contributed by atoms with Crippen molar-refractivity contribution in [3.63, 3.8) is 0 Å². The number of rotatable bonds is 6. The molecule has 1 aromatic heterocycles. The zero-order chi connectivity index (χ0) is 22.4. The topological polar surface area (TPSA) is 109 Å². The van der Waals surface area contributed by atoms with E-state index in [-0.39, 0.29) is 35.2 Å². The Balaban J connectivity index is 2.21. The highest BCUT2D eigenvalue weighted by molar-refractivity contribution is 7.95. The number of carbonyl (C=O) groups is 2. The van der Waals surface area contributed by atoms with Gasteiger partial charge in [0.25, 0.3) is 5.56 Å². The molecule has 0 saturated carbocycles. The molecule has 0 fully saturated rings. The molecular formula is C21H23N3O5S. The summed E-state index contributed by atoms with van der Waals surface area (Å²) in [7, 11) is -1.27. The number of nitrogens with zero attached hydrogens (tertiary/aromatic N) is 2. The van der Waals surface area contributed by atoms with Crippen molar-refractivity contribution < 1.29 is 18.0 Å². The predicted molar refractivity (Wildman–Crippen MR) is 115 cm³/mol. The smallest absolute Gasteiger partial charge is 0.277 e. The van der Waals surface area contributed by atoms with E-state index in [0.29, 0.717) is 5.69 Å². The second-order valence-electron chi connectivity index (χ2n) is 7.32. The minimum Gasteiger partial charge on any atom is -0.299 e. The third kappa shape index (κ3) is 2.80. The van der Waals surface area contributed by atoms with Gasteiger partial charge in [-0.05, 0) is 31.9 Å². The number of carbonyl (C=O) groups excluding carboxylic acids is 2. The maximum absolute atomic E-state index is 13.3. The molecule has 0 spiro atoms. The lowest BCUT2D eigenvalue weighted by atomic mass is 9.88. The number of aromatic nitrogens is 2. The van der Waals surface area contributed by atoms with Crippen LogP contribution in [0, 0.1) is 6.92 Å². The number of benzene rings is 1. The molecule has 0 saturated heterocycles. The molecule has 0 aliphatic carbocycles. The number of ketones is 2. The van der Waals surface area contributed by atoms with Gasteiger partial charge in [0.15, 0.2) is 10.5 Å². The van der Waals surface area contributed by atoms with Crippen LogP contribution in [0.1, 0.15) is 44.8 Å². The molecule has 9 heteroatoms. The van der Waals surface area contributed by atoms with Crippen LogP contribution in [0.3, 0.4) is 0 Å². The van der Waals surface area contributed by atoms with E-state index >= 15 is 0 Å². The van der Waals surface area contributed by atoms with E-state index < -0.39 is 31.9 Å². The van der Waals surface area contributed by atoms with Crippen molar-refractivity contribution in [1.82, 2.24) is 9.78 Å². The fourth-order valence-corrected chi connectivity index (χ4v) is 5.86. The Morgan fingerprint density at radius 3 is 2.27 bits per heavy atom. The maximum Gasteiger partial charge on any atom is 0.277 e. The quantitative estimate of drug-likeness (QED) is 0.559. The van der Waals surface area contributed by atoms with Crippen molar-refractivity contribution in [3.05, 3.63) is 76.2 Å². The Bertz CT molecular complexity index is 1240. The number of aromatic amines is 1. The van der Waals surface area contributed by atoms with Crippen LogP contribution in [0.15, 0.2) is 48.3 Å². The van der Waals surface area contributed by atoms with Gasteiger partial charge in [-0.15, -0.1) is 13.2 Å². The molecule has 158 valence electrons. The molecular weight excluding hydrogens is 406 g/mol. The van der Waals surface area contributed by atoms with Gasteiger partial charge in [0.05, 0.1) is 5.69 Å². The Hall–Kier alpha value is -3.20. The molecule has 8 nitrogen and oxygen atoms in total. The van der Waals surface area contributed by atoms with Crippen LogP contribution < -0.4 is 9.86 Å². The lowest BCUT2D eigenvalue weighted by molar-refractivity contribution is 0.0935. The van der Waals surface area contributed by atoms with Crippen LogP contribution in [0.4, 0.5) is 5.69 Å². The van der Waals surface area contributed by atoms with Crippen LogP contribution in [-0.4, -0.2) is 41.6 Å². The highest BCUT2D eigenvalue weighted by Gasteiger charge is 2.55. The average Bonchev–Trinajstić information content (AvgIpc) is 2.96. The van der Waals surface area contributed by atoms with E-state index in [1.807, 2.05) is 0 Å². The number of fused-ring (bicyclic) bond motifs is 1. The number of hydrogen-bond acceptors (Lipinski definition) is 5. The zero-order valence-electron chi connectivity index (χ0n) is 17.1. The van der Waals surface area contributed by atoms with Crippen molar-refractivity contribution in [3.8, 4) is 0 Å². The number of allylic oxidation sites excluding steroid dienone is 2. The van der Waals surface area contributed by atoms with Crippen molar-refractivity contribution in [2.75, 3.05) is 11.4 Å². The Morgan fingerprint density at radius 2 is 1.77 bits per heavy atom. The van der Waals surface area contributed by atoms with Crippen LogP contribution in [0.25, 0.3) is 0 Å². The van der Waals surface area contributed by atoms with Crippen molar-refractivity contribution in [2.24, 2.45) is 7.05 Å². The average molecular weight is 429 g/mol. The van der Waals surface area contributed by atoms with Crippen molar-refractivity contribution in [2.45, 2.75) is 24.5 Å². The first-order valence-corrected chi connectivity index (χ1v) is 10.7. The van der Waals surface area contributed by atoms with E-state index in [9.17, 15) is 22.8 Å². The molecule has 0 bridgehead atoms. The van der Waals surface area contributed by atoms with Gasteiger partial charge in [0, 0.05) is 30.9 Å². The Morgan fingerprint density at radius 1 is 1.17 bits per heavy atom. The molecule has 1 N–H and O–H groups in total. The van der Waals surface area contributed by atoms with Gasteiger partial charge in [0.1, 0.15) is 5.56 Å². The van der Waals surface area contributed by atoms with Gasteiger partial charge >= 0.3 is 0 Å². The van der Waals surface area contributed by atoms with E-state index in [1.165, 1.54) is 49.1 Å². The van der Waals surface area contributed by atoms with Gasteiger partial charge < -0.3 is 0 Å². The largest absolute Gasteiger partial charge is 0.299 e. The molecule has 30 heavy (non-hydrogen) atoms. The van der Waals surface area contributed by atoms with Gasteiger partial charge in [0.2, 0.25) is 15.8 Å². The van der Waals surface area contributed by atoms with Crippen molar-refractivity contribution in [1.29, 1.82) is 0 Å². The van der Waals surface area contributed by atoms with E-state index in [1.54, 1.807) is 6.92 Å². The molecule has 1 aromatic carbocycles. The lowest BCUT2D eigenvalue weighted by Gasteiger charge is -2.40. The number of H-pyrrole nitrogens is 1. The first-order valence-electron chi connectivity index (χ1n) is 9.23. The maximum atomic E-state index is 13.3. The molecule has 2 aromatic rings. The lowest BCUT2D eigenvalue weighted by Crippen LogP contribution is -2.56. The molecule has 1 aliphatic heterocycles. The summed E-state index contributed by atoms with van der Waals surface area (Å²) in [6, 6.07) is 4.21. The van der Waals surface area contributed by atoms with Gasteiger partial charge in [-0.2, -0.15) is 0 Å². The van der Waals surface area contributed by atoms with Gasteiger partial charge in [-0.3, -0.25) is 28.5 Å². The summed E-state index contributed by atoms with van der Waals surface area (Å²) in [6.45, 7) is 8.81. The summed E-state index contributed by atoms with van der Waals surface area (Å²) in [6.07, 6.45) is 2.67. The first-order chi connectivity index (χ1) is 14.0. The van der Waals surface area contributed by atoms with Crippen LogP contribution >= 0.6 is 0 Å². The highest BCUT2D eigenvalue weighted by atomic mass is 32.2. The van der Waals surface area contributed by atoms with Gasteiger partial charge in [-0.1, -0.05) is 18.2 Å². The Labute approximate surface area is 174 Å². The number of hydrogen-bond donors (Lipinski definition) is 1. The standard InChI is InChI=1S/C21H23N3O5S/c1-6-10-21(11-7-2)19(26)15-9-8-14(12-16(15)24(5)30(21,28)29)18(25)17-13(3)22-23(4)20(17)27/h6-9,12,22H,1-2,10-11H2,3-5H3. The molecule has 3 rings (SSSR count). The second kappa shape index (κ2) is 7.24. The highest BCUT2D eigenvalue weighted by Crippen LogP contribution is 2.43. The van der Waals surface area contributed by atoms with Crippen LogP contribution in [-0.2, 0) is 17.1 Å². The fraction of sp³-hybridized carbons (Fsp3) is 0.286. The summed E-state index contributed by atoms with van der Waals surface area (Å²) in [4.78, 5) is 38.5. The molecule has 1 aliphatic rings. The number of Topliss-reactive ketones (excluding diaryl/α,β-unsaturated/α-hetero) is 1. The SMILES string of the molecule is C=CCC1(CC=C)C(=O)c2ccc(C(=O)c3c(C)[nH]n(C)c3=O)cc2N(C)S1(=O)=O. The molecule has 0 amide bonds. The minimum absolute atomic E-state index is 0.0299. The zero-order valence-corrected chi connectivity index (χ0v) is 17.9. The molecule has 0 unspecified atom stereocenters. The number of nitrogens with one attached hydrogen (secondary N) is 1. The van der Waals surface area contributed by atoms with Crippen LogP contribution in [0.2, 0.25) is 0 Å². The second-order valence-corrected chi connectivity index (χ2v) is 9.60. The molecule has 0 radical (unpaired) electrons. The third-order valence-corrected chi connectivity index (χ3v) is 7.94. The summed E-state index contributed by atoms with van der Waals surface area (Å²) in [5.41, 5.74) is 0.286. The monoisotopic (exact) mass is 429 g/mol. The number of anilines is 1. The molecule has 0 atom stereocenters. The summed E-state index contributed by atoms with van der Waals surface area (Å²) in [5.74, 6) is -1.12. The summed E-state index contributed by atoms with van der Waals surface area (Å²) in [5, 5.41) is 2.76. The van der Waals surface area contributed by atoms with Gasteiger partial charge in [-0.25, -0.2) is 8.42 Å². The van der Waals surface area contributed by atoms with Crippen molar-refractivity contribution >= 4 is 27.3 Å². The van der Waals surface area contributed by atoms with E-state index in [0.717, 1.165) is 4.31 Å². The van der Waals surface area contributed by atoms with E-state index in [4.69, 9.17) is 0 Å². The Kier molecular flexibility index (Phi) is 5.19. The third-order valence-electron chi connectivity index (χ3n) is 5.52. The van der Waals surface area contributed by atoms with Crippen LogP contribution in [0.5, 0.6) is 0 Å². The van der Waals surface area contributed by atoms with E-state index in [2.05, 4.69) is 18.3 Å². The number of sulfonamides is 1. The molecule has 2 heterocycles. The number of aryl methyl sites for hydroxylation is 2. The predicted octanol–water partition coefficient (Wildman–Crippen LogP) is 2.11.